The summed E-state index contributed by atoms with van der Waals surface area (Å²) in [6.07, 6.45) is 5.47. The third-order valence-corrected chi connectivity index (χ3v) is 24.2. The van der Waals surface area contributed by atoms with E-state index in [1.807, 2.05) is 6.07 Å². The van der Waals surface area contributed by atoms with Crippen LogP contribution >= 0.6 is 0 Å². The van der Waals surface area contributed by atoms with Crippen molar-refractivity contribution in [2.45, 2.75) is 32.6 Å². The second-order valence-corrected chi connectivity index (χ2v) is 23.0. The number of carbonyl (C=O) groups excluding carboxylic acids is 1. The highest BCUT2D eigenvalue weighted by Crippen LogP contribution is 2.37. The number of nitrogens with one attached hydrogen (secondary N) is 1. The molecule has 2 nitrogen and oxygen atoms in total. The first-order chi connectivity index (χ1) is 11.3. The van der Waals surface area contributed by atoms with E-state index in [-0.39, 0.29) is 0 Å². The zero-order chi connectivity index (χ0) is 17.3. The number of rotatable bonds is 2. The van der Waals surface area contributed by atoms with Gasteiger partial charge in [0, 0.05) is 5.56 Å². The summed E-state index contributed by atoms with van der Waals surface area (Å²) in [6.45, 7) is 9.66. The Morgan fingerprint density at radius 2 is 1.67 bits per heavy atom. The second kappa shape index (κ2) is 4.80. The first-order valence-corrected chi connectivity index (χ1v) is 15.5. The maximum Gasteiger partial charge on any atom is 0.269 e. The lowest BCUT2D eigenvalue weighted by molar-refractivity contribution is 0.0993. The van der Waals surface area contributed by atoms with Crippen molar-refractivity contribution >= 4 is 37.5 Å². The summed E-state index contributed by atoms with van der Waals surface area (Å²) in [4.78, 5) is 11.9. The highest BCUT2D eigenvalue weighted by Gasteiger charge is 2.57. The Balaban J connectivity index is 2.05. The number of hydrogen-bond acceptors (Lipinski definition) is 1. The van der Waals surface area contributed by atoms with Crippen LogP contribution in [-0.2, 0) is 6.42 Å². The van der Waals surface area contributed by atoms with E-state index >= 15 is 0 Å². The average molecular weight is 349 g/mol. The van der Waals surface area contributed by atoms with Crippen LogP contribution in [0.5, 0.6) is 0 Å². The molecule has 0 aromatic heterocycles. The van der Waals surface area contributed by atoms with Crippen molar-refractivity contribution in [2.75, 3.05) is 0 Å². The van der Waals surface area contributed by atoms with E-state index in [2.05, 4.69) is 62.6 Å². The molecule has 121 valence electrons. The van der Waals surface area contributed by atoms with Crippen LogP contribution in [-0.4, -0.2) is 21.1 Å². The molecule has 0 saturated heterocycles. The Hall–Kier alpha value is -1.92. The van der Waals surface area contributed by atoms with Crippen molar-refractivity contribution in [1.82, 2.24) is 5.73 Å². The lowest BCUT2D eigenvalue weighted by Crippen LogP contribution is -2.86. The Morgan fingerprint density at radius 3 is 2.38 bits per heavy atom. The zero-order valence-corrected chi connectivity index (χ0v) is 16.7. The Morgan fingerprint density at radius 1 is 0.958 bits per heavy atom. The zero-order valence-electron chi connectivity index (χ0n) is 14.7. The van der Waals surface area contributed by atoms with Crippen LogP contribution in [0, 0.1) is 0 Å². The molecule has 0 unspecified atom stereocenters. The van der Waals surface area contributed by atoms with Crippen LogP contribution in [0.2, 0.25) is 26.2 Å². The van der Waals surface area contributed by atoms with Gasteiger partial charge in [0.1, 0.15) is 0 Å². The third-order valence-electron chi connectivity index (χ3n) is 6.37. The molecule has 1 aliphatic heterocycles. The van der Waals surface area contributed by atoms with Gasteiger partial charge in [-0.2, -0.15) is 0 Å². The summed E-state index contributed by atoms with van der Waals surface area (Å²) in [5.41, 5.74) is 13.7. The molecule has 0 bridgehead atoms. The summed E-state index contributed by atoms with van der Waals surface area (Å²) in [5.74, 6) is -0.527. The molecule has 4 heteroatoms. The molecular weight excluding hydrogens is 326 g/mol. The van der Waals surface area contributed by atoms with E-state index in [9.17, 15) is 4.79 Å². The molecule has 1 heterocycles. The van der Waals surface area contributed by atoms with E-state index < -0.39 is 21.1 Å². The van der Waals surface area contributed by atoms with Crippen LogP contribution in [0.25, 0.3) is 17.2 Å². The maximum absolute atomic E-state index is 11.9. The van der Waals surface area contributed by atoms with Crippen molar-refractivity contribution in [2.24, 2.45) is 0 Å². The van der Waals surface area contributed by atoms with Gasteiger partial charge in [-0.1, -0.05) is 67.8 Å². The summed E-state index contributed by atoms with van der Waals surface area (Å²) in [6, 6.07) is 10.6. The summed E-state index contributed by atoms with van der Waals surface area (Å²) < 4.78 is 0. The molecular formula is C20H22NOSi2. The Bertz CT molecular complexity index is 925. The monoisotopic (exact) mass is 348 g/mol. The van der Waals surface area contributed by atoms with Gasteiger partial charge in [0.2, 0.25) is 0 Å². The molecule has 0 atom stereocenters. The van der Waals surface area contributed by atoms with Gasteiger partial charge in [-0.05, 0) is 39.9 Å². The maximum atomic E-state index is 11.9. The van der Waals surface area contributed by atoms with Crippen LogP contribution in [0.4, 0.5) is 0 Å². The van der Waals surface area contributed by atoms with Crippen molar-refractivity contribution in [1.29, 1.82) is 0 Å². The Kier molecular flexibility index (Phi) is 3.12. The number of allylic oxidation sites excluding steroid dienone is 1. The van der Waals surface area contributed by atoms with Gasteiger partial charge < -0.3 is 0 Å². The first kappa shape index (κ1) is 15.6. The number of benzene rings is 2. The van der Waals surface area contributed by atoms with Gasteiger partial charge >= 0.3 is 0 Å². The molecule has 24 heavy (non-hydrogen) atoms. The predicted octanol–water partition coefficient (Wildman–Crippen LogP) is 3.27. The number of hydrogen-bond donors (Lipinski definition) is 0. The first-order valence-electron chi connectivity index (χ1n) is 8.49. The quantitative estimate of drug-likeness (QED) is 0.768. The van der Waals surface area contributed by atoms with Gasteiger partial charge in [0.05, 0.1) is 15.2 Å². The fourth-order valence-corrected chi connectivity index (χ4v) is 15.2. The SMILES string of the molecule is C[Si]1(C)c2c(C([NH])=O)ccc(-c3cccc4c3C=CC4)c2[Si]1(C)C. The van der Waals surface area contributed by atoms with Gasteiger partial charge in [0.25, 0.3) is 5.91 Å². The van der Waals surface area contributed by atoms with E-state index in [0.29, 0.717) is 5.56 Å². The van der Waals surface area contributed by atoms with Crippen molar-refractivity contribution < 1.29 is 4.79 Å². The molecule has 2 aromatic carbocycles. The van der Waals surface area contributed by atoms with E-state index in [1.54, 1.807) is 0 Å². The van der Waals surface area contributed by atoms with Crippen LogP contribution in [0.1, 0.15) is 21.5 Å². The largest absolute Gasteiger partial charge is 0.269 e. The van der Waals surface area contributed by atoms with Gasteiger partial charge in [-0.25, -0.2) is 0 Å². The molecule has 0 fully saturated rings. The molecule has 4 rings (SSSR count). The topological polar surface area (TPSA) is 40.9 Å². The van der Waals surface area contributed by atoms with E-state index in [1.165, 1.54) is 32.6 Å². The average Bonchev–Trinajstić information content (AvgIpc) is 3.01. The molecule has 1 amide bonds. The summed E-state index contributed by atoms with van der Waals surface area (Å²) in [7, 11) is -3.17. The van der Waals surface area contributed by atoms with Crippen LogP contribution in [0.15, 0.2) is 36.4 Å². The highest BCUT2D eigenvalue weighted by atomic mass is 29.3. The molecule has 0 spiro atoms. The standard InChI is InChI=1S/C20H22NOSi2/c1-23(2)18-16(15-10-6-8-13-7-5-9-14(13)15)11-12-17(20(21)22)19(18)24(23,3)4/h5-6,8-12,21H,7H2,1-4H3. The van der Waals surface area contributed by atoms with Crippen molar-refractivity contribution in [3.8, 4) is 11.1 Å². The predicted molar refractivity (Wildman–Crippen MR) is 106 cm³/mol. The smallest absolute Gasteiger partial charge is 0.267 e. The summed E-state index contributed by atoms with van der Waals surface area (Å²) in [5, 5.41) is 2.70. The number of amides is 1. The fraction of sp³-hybridized carbons (Fsp3) is 0.250. The number of carbonyl (C=O) groups is 1. The minimum Gasteiger partial charge on any atom is -0.267 e. The van der Waals surface area contributed by atoms with Crippen LogP contribution < -0.4 is 16.1 Å². The lowest BCUT2D eigenvalue weighted by Gasteiger charge is -2.53. The van der Waals surface area contributed by atoms with Gasteiger partial charge in [0.15, 0.2) is 0 Å². The molecule has 2 aromatic rings. The van der Waals surface area contributed by atoms with E-state index in [4.69, 9.17) is 5.73 Å². The summed E-state index contributed by atoms with van der Waals surface area (Å²) >= 11 is 0. The molecule has 0 saturated carbocycles. The minimum atomic E-state index is -1.62. The molecule has 1 aliphatic carbocycles. The van der Waals surface area contributed by atoms with Gasteiger partial charge in [-0.15, -0.1) is 0 Å². The second-order valence-electron chi connectivity index (χ2n) is 7.97. The minimum absolute atomic E-state index is 0.527. The fourth-order valence-electron chi connectivity index (χ4n) is 4.40. The number of fused-ring (bicyclic) bond motifs is 2. The molecule has 1 N–H and O–H groups in total. The van der Waals surface area contributed by atoms with Gasteiger partial charge in [-0.3, -0.25) is 10.5 Å². The van der Waals surface area contributed by atoms with Crippen LogP contribution in [0.3, 0.4) is 0 Å². The highest BCUT2D eigenvalue weighted by molar-refractivity contribution is 7.57. The van der Waals surface area contributed by atoms with Crippen molar-refractivity contribution in [3.05, 3.63) is 53.1 Å². The normalized spacial score (nSPS) is 18.7. The van der Waals surface area contributed by atoms with Crippen molar-refractivity contribution in [3.63, 3.8) is 0 Å². The Labute approximate surface area is 145 Å². The lowest BCUT2D eigenvalue weighted by atomic mass is 9.96. The molecule has 1 radical (unpaired) electrons. The molecule has 2 aliphatic rings. The van der Waals surface area contributed by atoms with E-state index in [0.717, 1.165) is 6.42 Å². The third kappa shape index (κ3) is 1.78.